The van der Waals surface area contributed by atoms with Crippen molar-refractivity contribution < 1.29 is 17.6 Å². The normalized spacial score (nSPS) is 11.5. The van der Waals surface area contributed by atoms with Crippen LogP contribution in [0.25, 0.3) is 0 Å². The second-order valence-electron chi connectivity index (χ2n) is 4.62. The molecular formula is C15H12ClF4N. The summed E-state index contributed by atoms with van der Waals surface area (Å²) in [5, 5.41) is 3.09. The first-order valence-electron chi connectivity index (χ1n) is 6.13. The van der Waals surface area contributed by atoms with Gasteiger partial charge in [0.1, 0.15) is 5.82 Å². The van der Waals surface area contributed by atoms with Crippen LogP contribution in [0.3, 0.4) is 0 Å². The van der Waals surface area contributed by atoms with E-state index in [0.717, 1.165) is 18.2 Å². The zero-order valence-corrected chi connectivity index (χ0v) is 11.8. The second-order valence-corrected chi connectivity index (χ2v) is 5.05. The standard InChI is InChI=1S/C15H12ClF4N/c1-9-2-4-11(15(18,19)20)6-14(9)21-8-10-3-5-12(16)7-13(10)17/h2-7,21H,8H2,1H3. The van der Waals surface area contributed by atoms with Crippen molar-refractivity contribution in [3.63, 3.8) is 0 Å². The lowest BCUT2D eigenvalue weighted by atomic mass is 10.1. The topological polar surface area (TPSA) is 12.0 Å². The number of aryl methyl sites for hydroxylation is 1. The summed E-state index contributed by atoms with van der Waals surface area (Å²) in [5.41, 5.74) is 0.555. The van der Waals surface area contributed by atoms with Gasteiger partial charge in [0.15, 0.2) is 0 Å². The van der Waals surface area contributed by atoms with Gasteiger partial charge in [-0.25, -0.2) is 4.39 Å². The minimum Gasteiger partial charge on any atom is -0.381 e. The molecule has 0 aromatic heterocycles. The van der Waals surface area contributed by atoms with Crippen LogP contribution >= 0.6 is 11.6 Å². The maximum absolute atomic E-state index is 13.6. The first-order chi connectivity index (χ1) is 9.77. The lowest BCUT2D eigenvalue weighted by Crippen LogP contribution is -2.08. The molecule has 0 amide bonds. The Morgan fingerprint density at radius 1 is 1.10 bits per heavy atom. The van der Waals surface area contributed by atoms with E-state index in [4.69, 9.17) is 11.6 Å². The first kappa shape index (κ1) is 15.6. The molecule has 2 aromatic rings. The molecule has 112 valence electrons. The number of hydrogen-bond acceptors (Lipinski definition) is 1. The molecular weight excluding hydrogens is 306 g/mol. The highest BCUT2D eigenvalue weighted by Crippen LogP contribution is 2.32. The van der Waals surface area contributed by atoms with Gasteiger partial charge in [-0.05, 0) is 36.8 Å². The average molecular weight is 318 g/mol. The Morgan fingerprint density at radius 2 is 1.81 bits per heavy atom. The summed E-state index contributed by atoms with van der Waals surface area (Å²) >= 11 is 5.64. The van der Waals surface area contributed by atoms with Crippen molar-refractivity contribution in [2.45, 2.75) is 19.6 Å². The molecule has 0 fully saturated rings. The van der Waals surface area contributed by atoms with Gasteiger partial charge in [0, 0.05) is 22.8 Å². The maximum Gasteiger partial charge on any atom is 0.416 e. The van der Waals surface area contributed by atoms with Gasteiger partial charge in [-0.15, -0.1) is 0 Å². The number of anilines is 1. The van der Waals surface area contributed by atoms with Crippen LogP contribution in [-0.4, -0.2) is 0 Å². The highest BCUT2D eigenvalue weighted by atomic mass is 35.5. The van der Waals surface area contributed by atoms with Gasteiger partial charge in [0.25, 0.3) is 0 Å². The average Bonchev–Trinajstić information content (AvgIpc) is 2.38. The molecule has 0 spiro atoms. The SMILES string of the molecule is Cc1ccc(C(F)(F)F)cc1NCc1ccc(Cl)cc1F. The molecule has 1 N–H and O–H groups in total. The Hall–Kier alpha value is -1.75. The van der Waals surface area contributed by atoms with Crippen LogP contribution in [0.4, 0.5) is 23.2 Å². The molecule has 0 aliphatic rings. The van der Waals surface area contributed by atoms with Crippen LogP contribution < -0.4 is 5.32 Å². The summed E-state index contributed by atoms with van der Waals surface area (Å²) in [4.78, 5) is 0. The Labute approximate surface area is 124 Å². The van der Waals surface area contributed by atoms with Gasteiger partial charge >= 0.3 is 6.18 Å². The Kier molecular flexibility index (Phi) is 4.42. The van der Waals surface area contributed by atoms with Crippen molar-refractivity contribution in [3.05, 3.63) is 63.9 Å². The fraction of sp³-hybridized carbons (Fsp3) is 0.200. The minimum absolute atomic E-state index is 0.0746. The van der Waals surface area contributed by atoms with Crippen LogP contribution in [0.1, 0.15) is 16.7 Å². The minimum atomic E-state index is -4.41. The molecule has 0 unspecified atom stereocenters. The summed E-state index contributed by atoms with van der Waals surface area (Å²) in [6, 6.07) is 7.60. The summed E-state index contributed by atoms with van der Waals surface area (Å²) in [7, 11) is 0. The van der Waals surface area contributed by atoms with E-state index in [9.17, 15) is 17.6 Å². The zero-order chi connectivity index (χ0) is 15.6. The molecule has 0 radical (unpaired) electrons. The van der Waals surface area contributed by atoms with Crippen LogP contribution in [0.5, 0.6) is 0 Å². The summed E-state index contributed by atoms with van der Waals surface area (Å²) in [6.07, 6.45) is -4.41. The van der Waals surface area contributed by atoms with E-state index in [1.54, 1.807) is 6.92 Å². The largest absolute Gasteiger partial charge is 0.416 e. The quantitative estimate of drug-likeness (QED) is 0.745. The molecule has 0 saturated heterocycles. The molecule has 2 aromatic carbocycles. The summed E-state index contributed by atoms with van der Waals surface area (Å²) in [6.45, 7) is 1.76. The van der Waals surface area contributed by atoms with E-state index in [-0.39, 0.29) is 11.6 Å². The lowest BCUT2D eigenvalue weighted by Gasteiger charge is -2.13. The van der Waals surface area contributed by atoms with Crippen molar-refractivity contribution in [3.8, 4) is 0 Å². The number of nitrogens with one attached hydrogen (secondary N) is 1. The molecule has 2 rings (SSSR count). The smallest absolute Gasteiger partial charge is 0.381 e. The van der Waals surface area contributed by atoms with Gasteiger partial charge in [-0.2, -0.15) is 13.2 Å². The van der Waals surface area contributed by atoms with E-state index in [1.165, 1.54) is 18.2 Å². The number of halogens is 5. The van der Waals surface area contributed by atoms with Gasteiger partial charge in [-0.1, -0.05) is 23.7 Å². The van der Waals surface area contributed by atoms with Crippen molar-refractivity contribution in [2.24, 2.45) is 0 Å². The zero-order valence-electron chi connectivity index (χ0n) is 11.1. The molecule has 0 aliphatic carbocycles. The Morgan fingerprint density at radius 3 is 2.43 bits per heavy atom. The second kappa shape index (κ2) is 5.93. The molecule has 1 nitrogen and oxygen atoms in total. The fourth-order valence-electron chi connectivity index (χ4n) is 1.84. The molecule has 0 heterocycles. The molecule has 0 atom stereocenters. The monoisotopic (exact) mass is 317 g/mol. The van der Waals surface area contributed by atoms with Gasteiger partial charge in [0.05, 0.1) is 5.56 Å². The number of rotatable bonds is 3. The van der Waals surface area contributed by atoms with Crippen molar-refractivity contribution in [1.82, 2.24) is 0 Å². The first-order valence-corrected chi connectivity index (χ1v) is 6.51. The van der Waals surface area contributed by atoms with E-state index in [1.807, 2.05) is 0 Å². The van der Waals surface area contributed by atoms with Crippen LogP contribution in [-0.2, 0) is 12.7 Å². The third kappa shape index (κ3) is 3.88. The number of alkyl halides is 3. The van der Waals surface area contributed by atoms with Crippen molar-refractivity contribution >= 4 is 17.3 Å². The molecule has 6 heteroatoms. The molecule has 0 aliphatic heterocycles. The highest BCUT2D eigenvalue weighted by Gasteiger charge is 2.30. The number of hydrogen-bond donors (Lipinski definition) is 1. The third-order valence-corrected chi connectivity index (χ3v) is 3.28. The molecule has 0 bridgehead atoms. The Balaban J connectivity index is 2.19. The maximum atomic E-state index is 13.6. The predicted molar refractivity (Wildman–Crippen MR) is 74.9 cm³/mol. The Bertz CT molecular complexity index is 653. The predicted octanol–water partition coefficient (Wildman–Crippen LogP) is 5.42. The van der Waals surface area contributed by atoms with E-state index in [0.29, 0.717) is 16.8 Å². The van der Waals surface area contributed by atoms with Crippen LogP contribution in [0, 0.1) is 12.7 Å². The third-order valence-electron chi connectivity index (χ3n) is 3.05. The summed E-state index contributed by atoms with van der Waals surface area (Å²) in [5.74, 6) is -0.500. The van der Waals surface area contributed by atoms with Gasteiger partial charge in [-0.3, -0.25) is 0 Å². The van der Waals surface area contributed by atoms with Gasteiger partial charge in [0.2, 0.25) is 0 Å². The summed E-state index contributed by atoms with van der Waals surface area (Å²) < 4.78 is 51.6. The van der Waals surface area contributed by atoms with E-state index >= 15 is 0 Å². The molecule has 21 heavy (non-hydrogen) atoms. The van der Waals surface area contributed by atoms with Crippen molar-refractivity contribution in [1.29, 1.82) is 0 Å². The van der Waals surface area contributed by atoms with Gasteiger partial charge < -0.3 is 5.32 Å². The van der Waals surface area contributed by atoms with E-state index in [2.05, 4.69) is 5.32 Å². The highest BCUT2D eigenvalue weighted by molar-refractivity contribution is 6.30. The number of benzene rings is 2. The van der Waals surface area contributed by atoms with Crippen molar-refractivity contribution in [2.75, 3.05) is 5.32 Å². The molecule has 0 saturated carbocycles. The lowest BCUT2D eigenvalue weighted by molar-refractivity contribution is -0.137. The van der Waals surface area contributed by atoms with E-state index < -0.39 is 17.6 Å². The van der Waals surface area contributed by atoms with Crippen LogP contribution in [0.15, 0.2) is 36.4 Å². The van der Waals surface area contributed by atoms with Crippen LogP contribution in [0.2, 0.25) is 5.02 Å². The fourth-order valence-corrected chi connectivity index (χ4v) is 2.00.